The lowest BCUT2D eigenvalue weighted by Gasteiger charge is -2.40. The first-order valence-electron chi connectivity index (χ1n) is 12.0. The molecule has 0 radical (unpaired) electrons. The number of hydrogen-bond acceptors (Lipinski definition) is 4. The maximum atomic E-state index is 13.6. The quantitative estimate of drug-likeness (QED) is 0.606. The van der Waals surface area contributed by atoms with Crippen molar-refractivity contribution in [1.29, 1.82) is 0 Å². The van der Waals surface area contributed by atoms with Crippen molar-refractivity contribution in [3.05, 3.63) is 57.6 Å². The van der Waals surface area contributed by atoms with Gasteiger partial charge < -0.3 is 20.2 Å². The molecular weight excluding hydrogens is 426 g/mol. The molecule has 184 valence electrons. The van der Waals surface area contributed by atoms with Crippen LogP contribution in [-0.4, -0.2) is 46.9 Å². The van der Waals surface area contributed by atoms with Gasteiger partial charge in [0, 0.05) is 30.6 Å². The van der Waals surface area contributed by atoms with Crippen molar-refractivity contribution in [3.63, 3.8) is 0 Å². The molecule has 1 aliphatic heterocycles. The number of aryl methyl sites for hydroxylation is 1. The fourth-order valence-corrected chi connectivity index (χ4v) is 4.50. The van der Waals surface area contributed by atoms with Gasteiger partial charge in [-0.05, 0) is 80.7 Å². The number of aromatic hydroxyl groups is 1. The maximum absolute atomic E-state index is 13.6. The van der Waals surface area contributed by atoms with Gasteiger partial charge >= 0.3 is 0 Å². The summed E-state index contributed by atoms with van der Waals surface area (Å²) in [6.07, 6.45) is 1.17. The molecule has 1 atom stereocenters. The topological polar surface area (TPSA) is 72.9 Å². The Hall–Kier alpha value is -2.86. The number of phenols is 1. The summed E-state index contributed by atoms with van der Waals surface area (Å²) in [4.78, 5) is 31.1. The van der Waals surface area contributed by atoms with E-state index in [1.54, 1.807) is 11.0 Å². The molecule has 0 unspecified atom stereocenters. The van der Waals surface area contributed by atoms with E-state index in [-0.39, 0.29) is 17.6 Å². The smallest absolute Gasteiger partial charge is 0.247 e. The van der Waals surface area contributed by atoms with E-state index in [0.29, 0.717) is 30.6 Å². The molecule has 0 aliphatic carbocycles. The highest BCUT2D eigenvalue weighted by Gasteiger charge is 2.40. The summed E-state index contributed by atoms with van der Waals surface area (Å²) in [7, 11) is 4.07. The zero-order valence-electron chi connectivity index (χ0n) is 21.9. The van der Waals surface area contributed by atoms with Crippen molar-refractivity contribution >= 4 is 17.5 Å². The van der Waals surface area contributed by atoms with Gasteiger partial charge in [0.15, 0.2) is 0 Å². The fraction of sp³-hybridized carbons (Fsp3) is 0.500. The molecule has 0 aromatic heterocycles. The normalized spacial score (nSPS) is 15.9. The third-order valence-corrected chi connectivity index (χ3v) is 7.24. The van der Waals surface area contributed by atoms with E-state index in [2.05, 4.69) is 28.4 Å². The lowest BCUT2D eigenvalue weighted by Crippen LogP contribution is -2.54. The molecule has 1 heterocycles. The van der Waals surface area contributed by atoms with Crippen molar-refractivity contribution in [2.75, 3.05) is 19.4 Å². The van der Waals surface area contributed by atoms with E-state index in [0.717, 1.165) is 28.8 Å². The third-order valence-electron chi connectivity index (χ3n) is 7.24. The van der Waals surface area contributed by atoms with Crippen LogP contribution in [0.2, 0.25) is 0 Å². The van der Waals surface area contributed by atoms with Crippen molar-refractivity contribution in [2.24, 2.45) is 5.41 Å². The Morgan fingerprint density at radius 2 is 1.79 bits per heavy atom. The molecule has 3 rings (SSSR count). The van der Waals surface area contributed by atoms with Gasteiger partial charge in [-0.1, -0.05) is 39.0 Å². The average Bonchev–Trinajstić information content (AvgIpc) is 2.79. The Labute approximate surface area is 204 Å². The summed E-state index contributed by atoms with van der Waals surface area (Å²) >= 11 is 0. The van der Waals surface area contributed by atoms with Crippen molar-refractivity contribution in [3.8, 4) is 5.75 Å². The van der Waals surface area contributed by atoms with Crippen LogP contribution in [-0.2, 0) is 29.1 Å². The second-order valence-corrected chi connectivity index (χ2v) is 10.6. The Morgan fingerprint density at radius 3 is 2.41 bits per heavy atom. The molecule has 2 aromatic rings. The number of amides is 2. The van der Waals surface area contributed by atoms with Crippen LogP contribution < -0.4 is 5.32 Å². The van der Waals surface area contributed by atoms with Gasteiger partial charge in [0.2, 0.25) is 11.8 Å². The summed E-state index contributed by atoms with van der Waals surface area (Å²) in [6, 6.07) is 7.57. The lowest BCUT2D eigenvalue weighted by molar-refractivity contribution is -0.147. The van der Waals surface area contributed by atoms with Crippen LogP contribution in [0.4, 0.5) is 5.69 Å². The van der Waals surface area contributed by atoms with Gasteiger partial charge in [-0.25, -0.2) is 0 Å². The highest BCUT2D eigenvalue weighted by molar-refractivity contribution is 5.99. The number of hydrogen-bond donors (Lipinski definition) is 2. The minimum atomic E-state index is -0.598. The molecule has 0 saturated heterocycles. The van der Waals surface area contributed by atoms with Gasteiger partial charge in [0.05, 0.1) is 0 Å². The van der Waals surface area contributed by atoms with Gasteiger partial charge in [-0.15, -0.1) is 0 Å². The van der Waals surface area contributed by atoms with Crippen LogP contribution in [0, 0.1) is 26.2 Å². The zero-order valence-corrected chi connectivity index (χ0v) is 21.9. The number of carbonyl (C=O) groups is 2. The van der Waals surface area contributed by atoms with Crippen molar-refractivity contribution in [2.45, 2.75) is 73.5 Å². The highest BCUT2D eigenvalue weighted by atomic mass is 16.3. The highest BCUT2D eigenvalue weighted by Crippen LogP contribution is 2.33. The first kappa shape index (κ1) is 25.8. The SMILES string of the molecule is CCC(C)(C)C(=O)N1Cc2cc(CN(C)C)ccc2C[C@H]1C(=O)Nc1cc(C)c(O)c(C)c1C. The molecular formula is C28H39N3O3. The minimum absolute atomic E-state index is 0.00592. The number of phenolic OH excluding ortho intramolecular Hbond substituents is 1. The second kappa shape index (κ2) is 9.79. The third kappa shape index (κ3) is 5.12. The number of rotatable bonds is 6. The van der Waals surface area contributed by atoms with E-state index >= 15 is 0 Å². The molecule has 0 bridgehead atoms. The standard InChI is InChI=1S/C28H39N3O3/c1-9-28(5,6)27(34)31-16-22-13-20(15-30(7)8)10-11-21(22)14-24(31)26(33)29-23-12-17(2)25(32)19(4)18(23)3/h10-13,24,32H,9,14-16H2,1-8H3,(H,29,33)/t24-/m0/s1. The maximum Gasteiger partial charge on any atom is 0.247 e. The van der Waals surface area contributed by atoms with Crippen LogP contribution in [0.15, 0.2) is 24.3 Å². The monoisotopic (exact) mass is 465 g/mol. The summed E-state index contributed by atoms with van der Waals surface area (Å²) in [5.41, 5.74) is 5.81. The van der Waals surface area contributed by atoms with Gasteiger partial charge in [0.1, 0.15) is 11.8 Å². The summed E-state index contributed by atoms with van der Waals surface area (Å²) in [5, 5.41) is 13.3. The van der Waals surface area contributed by atoms with E-state index in [1.807, 2.05) is 55.6 Å². The van der Waals surface area contributed by atoms with E-state index in [1.165, 1.54) is 5.56 Å². The largest absolute Gasteiger partial charge is 0.507 e. The summed E-state index contributed by atoms with van der Waals surface area (Å²) in [6.45, 7) is 12.7. The molecule has 6 heteroatoms. The molecule has 0 saturated carbocycles. The Balaban J connectivity index is 1.98. The van der Waals surface area contributed by atoms with Crippen LogP contribution in [0.5, 0.6) is 5.75 Å². The molecule has 0 fully saturated rings. The minimum Gasteiger partial charge on any atom is -0.507 e. The summed E-state index contributed by atoms with van der Waals surface area (Å²) in [5.74, 6) is 0.0431. The van der Waals surface area contributed by atoms with Gasteiger partial charge in [-0.3, -0.25) is 9.59 Å². The average molecular weight is 466 g/mol. The van der Waals surface area contributed by atoms with Gasteiger partial charge in [-0.2, -0.15) is 0 Å². The number of fused-ring (bicyclic) bond motifs is 1. The number of nitrogens with zero attached hydrogens (tertiary/aromatic N) is 2. The molecule has 2 amide bonds. The number of anilines is 1. The first-order chi connectivity index (χ1) is 15.9. The molecule has 34 heavy (non-hydrogen) atoms. The van der Waals surface area contributed by atoms with Gasteiger partial charge in [0.25, 0.3) is 0 Å². The second-order valence-electron chi connectivity index (χ2n) is 10.6. The summed E-state index contributed by atoms with van der Waals surface area (Å²) < 4.78 is 0. The number of carbonyl (C=O) groups excluding carboxylic acids is 2. The van der Waals surface area contributed by atoms with E-state index < -0.39 is 11.5 Å². The fourth-order valence-electron chi connectivity index (χ4n) is 4.50. The Morgan fingerprint density at radius 1 is 1.12 bits per heavy atom. The Kier molecular flexibility index (Phi) is 7.41. The first-order valence-corrected chi connectivity index (χ1v) is 12.0. The molecule has 2 aromatic carbocycles. The Bertz CT molecular complexity index is 1100. The number of nitrogens with one attached hydrogen (secondary N) is 1. The van der Waals surface area contributed by atoms with E-state index in [9.17, 15) is 14.7 Å². The molecule has 1 aliphatic rings. The molecule has 6 nitrogen and oxygen atoms in total. The molecule has 2 N–H and O–H groups in total. The van der Waals surface area contributed by atoms with E-state index in [4.69, 9.17) is 0 Å². The predicted octanol–water partition coefficient (Wildman–Crippen LogP) is 4.71. The zero-order chi connectivity index (χ0) is 25.4. The van der Waals surface area contributed by atoms with Crippen molar-refractivity contribution in [1.82, 2.24) is 9.80 Å². The van der Waals surface area contributed by atoms with Crippen LogP contribution >= 0.6 is 0 Å². The van der Waals surface area contributed by atoms with Crippen LogP contribution in [0.3, 0.4) is 0 Å². The van der Waals surface area contributed by atoms with Crippen molar-refractivity contribution < 1.29 is 14.7 Å². The van der Waals surface area contributed by atoms with Crippen LogP contribution in [0.25, 0.3) is 0 Å². The predicted molar refractivity (Wildman–Crippen MR) is 137 cm³/mol. The van der Waals surface area contributed by atoms with Crippen LogP contribution in [0.1, 0.15) is 60.6 Å². The number of benzene rings is 2. The lowest BCUT2D eigenvalue weighted by atomic mass is 9.85. The molecule has 0 spiro atoms.